The number of carbonyl (C=O) groups is 3. The molecular formula is C15H11NO6. The van der Waals surface area contributed by atoms with Gasteiger partial charge in [0.25, 0.3) is 0 Å². The molecule has 0 heterocycles. The second-order valence-corrected chi connectivity index (χ2v) is 4.30. The number of aromatic carboxylic acids is 2. The number of carbonyl (C=O) groups excluding carboxylic acids is 1. The first-order valence-corrected chi connectivity index (χ1v) is 6.07. The summed E-state index contributed by atoms with van der Waals surface area (Å²) >= 11 is 0. The molecule has 0 saturated carbocycles. The van der Waals surface area contributed by atoms with Crippen LogP contribution >= 0.6 is 0 Å². The Balaban J connectivity index is 2.44. The highest BCUT2D eigenvalue weighted by Gasteiger charge is 2.21. The number of anilines is 1. The maximum atomic E-state index is 12.0. The van der Waals surface area contributed by atoms with Gasteiger partial charge in [0, 0.05) is 0 Å². The predicted octanol–water partition coefficient (Wildman–Crippen LogP) is 1.88. The Morgan fingerprint density at radius 3 is 1.86 bits per heavy atom. The van der Waals surface area contributed by atoms with Crippen molar-refractivity contribution in [2.24, 2.45) is 0 Å². The van der Waals surface area contributed by atoms with Crippen molar-refractivity contribution in [3.8, 4) is 5.75 Å². The van der Waals surface area contributed by atoms with Crippen molar-refractivity contribution < 1.29 is 29.3 Å². The van der Waals surface area contributed by atoms with Gasteiger partial charge in [0.1, 0.15) is 5.75 Å². The monoisotopic (exact) mass is 301 g/mol. The van der Waals surface area contributed by atoms with Crippen LogP contribution in [0.4, 0.5) is 5.69 Å². The Labute approximate surface area is 124 Å². The van der Waals surface area contributed by atoms with E-state index in [4.69, 9.17) is 20.7 Å². The molecule has 0 radical (unpaired) electrons. The maximum Gasteiger partial charge on any atom is 0.343 e. The van der Waals surface area contributed by atoms with Gasteiger partial charge in [0.15, 0.2) is 0 Å². The van der Waals surface area contributed by atoms with Gasteiger partial charge in [-0.05, 0) is 24.3 Å². The van der Waals surface area contributed by atoms with Crippen molar-refractivity contribution in [1.82, 2.24) is 0 Å². The van der Waals surface area contributed by atoms with Crippen molar-refractivity contribution in [1.29, 1.82) is 0 Å². The second kappa shape index (κ2) is 5.96. The summed E-state index contributed by atoms with van der Waals surface area (Å²) in [6.07, 6.45) is 0. The third-order valence-electron chi connectivity index (χ3n) is 2.83. The number of hydrogen-bond donors (Lipinski definition) is 3. The van der Waals surface area contributed by atoms with E-state index in [0.29, 0.717) is 0 Å². The van der Waals surface area contributed by atoms with Crippen LogP contribution in [-0.4, -0.2) is 28.1 Å². The largest absolute Gasteiger partial charge is 0.478 e. The number of benzene rings is 2. The summed E-state index contributed by atoms with van der Waals surface area (Å²) in [5.74, 6) is -3.50. The minimum Gasteiger partial charge on any atom is -0.478 e. The summed E-state index contributed by atoms with van der Waals surface area (Å²) in [6, 6.07) is 10.1. The lowest BCUT2D eigenvalue weighted by Crippen LogP contribution is -2.15. The Kier molecular flexibility index (Phi) is 4.08. The molecule has 22 heavy (non-hydrogen) atoms. The minimum absolute atomic E-state index is 0.215. The first kappa shape index (κ1) is 15.0. The van der Waals surface area contributed by atoms with Crippen LogP contribution < -0.4 is 10.5 Å². The van der Waals surface area contributed by atoms with E-state index in [9.17, 15) is 14.4 Å². The molecule has 2 aromatic carbocycles. The van der Waals surface area contributed by atoms with Crippen LogP contribution in [0.2, 0.25) is 0 Å². The fourth-order valence-corrected chi connectivity index (χ4v) is 1.78. The van der Waals surface area contributed by atoms with Crippen LogP contribution in [0.1, 0.15) is 31.1 Å². The summed E-state index contributed by atoms with van der Waals surface area (Å²) in [5.41, 5.74) is 3.91. The molecular weight excluding hydrogens is 290 g/mol. The van der Waals surface area contributed by atoms with Crippen LogP contribution in [0.15, 0.2) is 42.5 Å². The second-order valence-electron chi connectivity index (χ2n) is 4.30. The summed E-state index contributed by atoms with van der Waals surface area (Å²) < 4.78 is 5.04. The Morgan fingerprint density at radius 2 is 1.41 bits per heavy atom. The quantitative estimate of drug-likeness (QED) is 0.447. The van der Waals surface area contributed by atoms with E-state index < -0.39 is 34.7 Å². The first-order valence-electron chi connectivity index (χ1n) is 6.07. The summed E-state index contributed by atoms with van der Waals surface area (Å²) in [5, 5.41) is 18.1. The van der Waals surface area contributed by atoms with Gasteiger partial charge in [-0.3, -0.25) is 0 Å². The molecule has 0 spiro atoms. The number of nitrogen functional groups attached to an aromatic ring is 1. The highest BCUT2D eigenvalue weighted by molar-refractivity contribution is 6.06. The number of hydrogen-bond acceptors (Lipinski definition) is 5. The van der Waals surface area contributed by atoms with E-state index in [-0.39, 0.29) is 11.3 Å². The van der Waals surface area contributed by atoms with Crippen LogP contribution in [0.25, 0.3) is 0 Å². The van der Waals surface area contributed by atoms with Gasteiger partial charge in [-0.15, -0.1) is 0 Å². The molecule has 0 aliphatic rings. The number of para-hydroxylation sites is 1. The van der Waals surface area contributed by atoms with Crippen LogP contribution in [0.3, 0.4) is 0 Å². The van der Waals surface area contributed by atoms with Crippen LogP contribution in [0.5, 0.6) is 5.75 Å². The molecule has 0 aliphatic heterocycles. The summed E-state index contributed by atoms with van der Waals surface area (Å²) in [4.78, 5) is 34.2. The fraction of sp³-hybridized carbons (Fsp3) is 0. The predicted molar refractivity (Wildman–Crippen MR) is 76.2 cm³/mol. The molecule has 0 unspecified atom stereocenters. The zero-order chi connectivity index (χ0) is 16.3. The van der Waals surface area contributed by atoms with Crippen LogP contribution in [0, 0.1) is 0 Å². The number of ether oxygens (including phenoxy) is 1. The highest BCUT2D eigenvalue weighted by atomic mass is 16.5. The molecule has 0 saturated heterocycles. The first-order chi connectivity index (χ1) is 10.4. The minimum atomic E-state index is -1.44. The number of carboxylic acid groups (broad SMARTS) is 2. The topological polar surface area (TPSA) is 127 Å². The zero-order valence-corrected chi connectivity index (χ0v) is 11.1. The zero-order valence-electron chi connectivity index (χ0n) is 11.1. The number of esters is 1. The standard InChI is InChI=1S/C15H11NO6/c16-12-10(13(17)18)6-8(7-11(12)14(19)20)15(21)22-9-4-2-1-3-5-9/h1-7H,16H2,(H,17,18)(H,19,20). The van der Waals surface area contributed by atoms with Gasteiger partial charge in [-0.2, -0.15) is 0 Å². The normalized spacial score (nSPS) is 10.0. The Morgan fingerprint density at radius 1 is 0.909 bits per heavy atom. The molecule has 0 fully saturated rings. The molecule has 0 aliphatic carbocycles. The molecule has 2 aromatic rings. The fourth-order valence-electron chi connectivity index (χ4n) is 1.78. The summed E-state index contributed by atoms with van der Waals surface area (Å²) in [7, 11) is 0. The third-order valence-corrected chi connectivity index (χ3v) is 2.83. The molecule has 112 valence electrons. The maximum absolute atomic E-state index is 12.0. The van der Waals surface area contributed by atoms with E-state index in [1.807, 2.05) is 0 Å². The van der Waals surface area contributed by atoms with Gasteiger partial charge >= 0.3 is 17.9 Å². The molecule has 2 rings (SSSR count). The van der Waals surface area contributed by atoms with Crippen molar-refractivity contribution in [3.63, 3.8) is 0 Å². The number of rotatable bonds is 4. The Hall–Kier alpha value is -3.35. The molecule has 0 amide bonds. The molecule has 0 bridgehead atoms. The van der Waals surface area contributed by atoms with Gasteiger partial charge in [-0.1, -0.05) is 18.2 Å². The van der Waals surface area contributed by atoms with Gasteiger partial charge in [-0.25, -0.2) is 14.4 Å². The molecule has 0 atom stereocenters. The Bertz CT molecular complexity index is 719. The lowest BCUT2D eigenvalue weighted by molar-refractivity contribution is 0.0696. The van der Waals surface area contributed by atoms with Gasteiger partial charge in [0.05, 0.1) is 22.4 Å². The van der Waals surface area contributed by atoms with Gasteiger partial charge in [0.2, 0.25) is 0 Å². The van der Waals surface area contributed by atoms with E-state index in [2.05, 4.69) is 0 Å². The smallest absolute Gasteiger partial charge is 0.343 e. The average Bonchev–Trinajstić information content (AvgIpc) is 2.47. The summed E-state index contributed by atoms with van der Waals surface area (Å²) in [6.45, 7) is 0. The average molecular weight is 301 g/mol. The van der Waals surface area contributed by atoms with Crippen LogP contribution in [-0.2, 0) is 0 Å². The highest BCUT2D eigenvalue weighted by Crippen LogP contribution is 2.22. The lowest BCUT2D eigenvalue weighted by atomic mass is 10.0. The number of carboxylic acids is 2. The molecule has 7 nitrogen and oxygen atoms in total. The molecule has 7 heteroatoms. The van der Waals surface area contributed by atoms with Crippen molar-refractivity contribution >= 4 is 23.6 Å². The van der Waals surface area contributed by atoms with Crippen molar-refractivity contribution in [2.75, 3.05) is 5.73 Å². The van der Waals surface area contributed by atoms with Crippen molar-refractivity contribution in [2.45, 2.75) is 0 Å². The van der Waals surface area contributed by atoms with E-state index in [0.717, 1.165) is 12.1 Å². The third kappa shape index (κ3) is 3.04. The lowest BCUT2D eigenvalue weighted by Gasteiger charge is -2.09. The molecule has 0 aromatic heterocycles. The molecule has 4 N–H and O–H groups in total. The SMILES string of the molecule is Nc1c(C(=O)O)cc(C(=O)Oc2ccccc2)cc1C(=O)O. The van der Waals surface area contributed by atoms with E-state index in [1.54, 1.807) is 18.2 Å². The van der Waals surface area contributed by atoms with Crippen molar-refractivity contribution in [3.05, 3.63) is 59.2 Å². The number of nitrogens with two attached hydrogens (primary N) is 1. The van der Waals surface area contributed by atoms with E-state index >= 15 is 0 Å². The van der Waals surface area contributed by atoms with Gasteiger partial charge < -0.3 is 20.7 Å². The van der Waals surface area contributed by atoms with E-state index in [1.165, 1.54) is 12.1 Å².